The van der Waals surface area contributed by atoms with Gasteiger partial charge in [-0.05, 0) is 41.8 Å². The summed E-state index contributed by atoms with van der Waals surface area (Å²) in [5.74, 6) is 7.23. The first-order chi connectivity index (χ1) is 10.1. The fraction of sp³-hybridized carbons (Fsp3) is 0.250. The Morgan fingerprint density at radius 2 is 1.62 bits per heavy atom. The highest BCUT2D eigenvalue weighted by atomic mass is 79.9. The summed E-state index contributed by atoms with van der Waals surface area (Å²) in [6.07, 6.45) is 0. The number of hydrogen-bond acceptors (Lipinski definition) is 4. The number of halogens is 1. The van der Waals surface area contributed by atoms with Crippen molar-refractivity contribution >= 4 is 15.9 Å². The van der Waals surface area contributed by atoms with E-state index in [0.717, 1.165) is 32.7 Å². The van der Waals surface area contributed by atoms with E-state index in [4.69, 9.17) is 15.3 Å². The van der Waals surface area contributed by atoms with E-state index in [0.29, 0.717) is 0 Å². The smallest absolute Gasteiger partial charge is 0.122 e. The summed E-state index contributed by atoms with van der Waals surface area (Å²) in [6.45, 7) is 2.05. The molecule has 0 saturated heterocycles. The van der Waals surface area contributed by atoms with Gasteiger partial charge in [0.25, 0.3) is 0 Å². The second-order valence-electron chi connectivity index (χ2n) is 4.75. The van der Waals surface area contributed by atoms with Crippen LogP contribution < -0.4 is 20.7 Å². The van der Waals surface area contributed by atoms with Crippen molar-refractivity contribution in [2.45, 2.75) is 13.0 Å². The minimum absolute atomic E-state index is 0.138. The lowest BCUT2D eigenvalue weighted by molar-refractivity contribution is 0.392. The fourth-order valence-corrected chi connectivity index (χ4v) is 2.48. The Kier molecular flexibility index (Phi) is 5.22. The minimum atomic E-state index is -0.138. The van der Waals surface area contributed by atoms with E-state index in [2.05, 4.69) is 27.4 Å². The Morgan fingerprint density at radius 3 is 2.10 bits per heavy atom. The lowest BCUT2D eigenvalue weighted by Gasteiger charge is -2.19. The van der Waals surface area contributed by atoms with Gasteiger partial charge in [0.1, 0.15) is 11.5 Å². The standard InChI is InChI=1S/C16H19BrN2O2/c1-10-6-11(4-5-15(10)17)16(19-18)12-7-13(20-2)9-14(8-12)21-3/h4-9,16,19H,18H2,1-3H3. The summed E-state index contributed by atoms with van der Waals surface area (Å²) in [5.41, 5.74) is 6.07. The molecule has 0 amide bonds. The molecule has 112 valence electrons. The summed E-state index contributed by atoms with van der Waals surface area (Å²) < 4.78 is 11.7. The third kappa shape index (κ3) is 3.56. The molecule has 3 N–H and O–H groups in total. The molecule has 0 radical (unpaired) electrons. The van der Waals surface area contributed by atoms with Gasteiger partial charge in [0, 0.05) is 10.5 Å². The number of nitrogens with two attached hydrogens (primary N) is 1. The van der Waals surface area contributed by atoms with Crippen LogP contribution in [0.15, 0.2) is 40.9 Å². The van der Waals surface area contributed by atoms with Gasteiger partial charge in [0.2, 0.25) is 0 Å². The van der Waals surface area contributed by atoms with Crippen LogP contribution in [0.2, 0.25) is 0 Å². The third-order valence-corrected chi connectivity index (χ3v) is 4.28. The molecule has 4 nitrogen and oxygen atoms in total. The molecule has 0 bridgehead atoms. The van der Waals surface area contributed by atoms with Crippen LogP contribution in [0.3, 0.4) is 0 Å². The van der Waals surface area contributed by atoms with Crippen molar-refractivity contribution in [2.24, 2.45) is 5.84 Å². The van der Waals surface area contributed by atoms with Gasteiger partial charge in [0.15, 0.2) is 0 Å². The van der Waals surface area contributed by atoms with Gasteiger partial charge in [-0.3, -0.25) is 5.84 Å². The van der Waals surface area contributed by atoms with E-state index in [-0.39, 0.29) is 6.04 Å². The molecule has 0 fully saturated rings. The number of hydrazine groups is 1. The van der Waals surface area contributed by atoms with Crippen molar-refractivity contribution in [3.63, 3.8) is 0 Å². The van der Waals surface area contributed by atoms with Crippen LogP contribution in [0.25, 0.3) is 0 Å². The number of nitrogens with one attached hydrogen (secondary N) is 1. The van der Waals surface area contributed by atoms with Gasteiger partial charge < -0.3 is 9.47 Å². The van der Waals surface area contributed by atoms with Crippen LogP contribution in [0, 0.1) is 6.92 Å². The summed E-state index contributed by atoms with van der Waals surface area (Å²) >= 11 is 3.51. The zero-order chi connectivity index (χ0) is 15.4. The van der Waals surface area contributed by atoms with Gasteiger partial charge in [0.05, 0.1) is 20.3 Å². The monoisotopic (exact) mass is 350 g/mol. The van der Waals surface area contributed by atoms with Gasteiger partial charge >= 0.3 is 0 Å². The molecule has 0 spiro atoms. The first-order valence-electron chi connectivity index (χ1n) is 6.54. The Bertz CT molecular complexity index is 609. The number of hydrogen-bond donors (Lipinski definition) is 2. The molecule has 5 heteroatoms. The Labute approximate surface area is 133 Å². The predicted octanol–water partition coefficient (Wildman–Crippen LogP) is 3.33. The Morgan fingerprint density at radius 1 is 1.00 bits per heavy atom. The average Bonchev–Trinajstić information content (AvgIpc) is 2.51. The van der Waals surface area contributed by atoms with Crippen LogP contribution in [-0.2, 0) is 0 Å². The molecule has 0 aromatic heterocycles. The Balaban J connectivity index is 2.47. The van der Waals surface area contributed by atoms with Gasteiger partial charge in [-0.25, -0.2) is 5.43 Å². The molecule has 0 heterocycles. The van der Waals surface area contributed by atoms with Crippen molar-refractivity contribution < 1.29 is 9.47 Å². The van der Waals surface area contributed by atoms with Crippen molar-refractivity contribution in [1.82, 2.24) is 5.43 Å². The fourth-order valence-electron chi connectivity index (χ4n) is 2.23. The zero-order valence-corrected chi connectivity index (χ0v) is 13.9. The van der Waals surface area contributed by atoms with Crippen LogP contribution >= 0.6 is 15.9 Å². The van der Waals surface area contributed by atoms with Gasteiger partial charge in [-0.2, -0.15) is 0 Å². The maximum Gasteiger partial charge on any atom is 0.122 e. The van der Waals surface area contributed by atoms with Crippen LogP contribution in [0.4, 0.5) is 0 Å². The van der Waals surface area contributed by atoms with Crippen molar-refractivity contribution in [3.8, 4) is 11.5 Å². The predicted molar refractivity (Wildman–Crippen MR) is 87.6 cm³/mol. The molecule has 1 atom stereocenters. The van der Waals surface area contributed by atoms with E-state index in [9.17, 15) is 0 Å². The number of benzene rings is 2. The van der Waals surface area contributed by atoms with E-state index in [1.807, 2.05) is 37.3 Å². The summed E-state index contributed by atoms with van der Waals surface area (Å²) in [4.78, 5) is 0. The molecule has 0 aliphatic rings. The van der Waals surface area contributed by atoms with Gasteiger partial charge in [-0.1, -0.05) is 28.1 Å². The number of aryl methyl sites for hydroxylation is 1. The van der Waals surface area contributed by atoms with Crippen molar-refractivity contribution in [2.75, 3.05) is 14.2 Å². The summed E-state index contributed by atoms with van der Waals surface area (Å²) in [7, 11) is 3.26. The highest BCUT2D eigenvalue weighted by Gasteiger charge is 2.15. The largest absolute Gasteiger partial charge is 0.497 e. The molecule has 0 aliphatic carbocycles. The van der Waals surface area contributed by atoms with Crippen molar-refractivity contribution in [3.05, 3.63) is 57.6 Å². The second kappa shape index (κ2) is 6.93. The highest BCUT2D eigenvalue weighted by Crippen LogP contribution is 2.31. The maximum absolute atomic E-state index is 5.76. The maximum atomic E-state index is 5.76. The molecule has 1 unspecified atom stereocenters. The lowest BCUT2D eigenvalue weighted by Crippen LogP contribution is -2.29. The molecule has 2 rings (SSSR count). The molecular weight excluding hydrogens is 332 g/mol. The van der Waals surface area contributed by atoms with Crippen LogP contribution in [0.5, 0.6) is 11.5 Å². The minimum Gasteiger partial charge on any atom is -0.497 e. The van der Waals surface area contributed by atoms with E-state index in [1.165, 1.54) is 0 Å². The van der Waals surface area contributed by atoms with E-state index >= 15 is 0 Å². The quantitative estimate of drug-likeness (QED) is 0.641. The summed E-state index contributed by atoms with van der Waals surface area (Å²) in [5, 5.41) is 0. The first kappa shape index (κ1) is 15.8. The number of rotatable bonds is 5. The average molecular weight is 351 g/mol. The van der Waals surface area contributed by atoms with Gasteiger partial charge in [-0.15, -0.1) is 0 Å². The molecule has 21 heavy (non-hydrogen) atoms. The lowest BCUT2D eigenvalue weighted by atomic mass is 9.97. The molecule has 0 aliphatic heterocycles. The molecule has 2 aromatic rings. The SMILES string of the molecule is COc1cc(OC)cc(C(NN)c2ccc(Br)c(C)c2)c1. The zero-order valence-electron chi connectivity index (χ0n) is 12.3. The number of methoxy groups -OCH3 is 2. The topological polar surface area (TPSA) is 56.5 Å². The third-order valence-electron chi connectivity index (χ3n) is 3.39. The van der Waals surface area contributed by atoms with Crippen LogP contribution in [-0.4, -0.2) is 14.2 Å². The van der Waals surface area contributed by atoms with Crippen LogP contribution in [0.1, 0.15) is 22.7 Å². The van der Waals surface area contributed by atoms with Crippen molar-refractivity contribution in [1.29, 1.82) is 0 Å². The Hall–Kier alpha value is -1.56. The molecule has 2 aromatic carbocycles. The molecule has 0 saturated carbocycles. The molecular formula is C16H19BrN2O2. The van der Waals surface area contributed by atoms with E-state index in [1.54, 1.807) is 14.2 Å². The highest BCUT2D eigenvalue weighted by molar-refractivity contribution is 9.10. The number of ether oxygens (including phenoxy) is 2. The second-order valence-corrected chi connectivity index (χ2v) is 5.61. The normalized spacial score (nSPS) is 12.0. The summed E-state index contributed by atoms with van der Waals surface area (Å²) in [6, 6.07) is 11.8. The first-order valence-corrected chi connectivity index (χ1v) is 7.33. The van der Waals surface area contributed by atoms with E-state index < -0.39 is 0 Å².